The quantitative estimate of drug-likeness (QED) is 0.378. The molecule has 2 unspecified atom stereocenters. The molecule has 0 aromatic heterocycles. The third-order valence-electron chi connectivity index (χ3n) is 7.04. The van der Waals surface area contributed by atoms with Gasteiger partial charge in [0.1, 0.15) is 11.6 Å². The Kier molecular flexibility index (Phi) is 6.33. The van der Waals surface area contributed by atoms with Gasteiger partial charge in [0.15, 0.2) is 0 Å². The second kappa shape index (κ2) is 8.54. The molecule has 2 aliphatic rings. The molecule has 1 aromatic carbocycles. The van der Waals surface area contributed by atoms with Crippen molar-refractivity contribution in [3.05, 3.63) is 35.4 Å². The number of hydrogen-bond donors (Lipinski definition) is 2. The van der Waals surface area contributed by atoms with Crippen molar-refractivity contribution < 1.29 is 24.4 Å². The van der Waals surface area contributed by atoms with E-state index in [4.69, 9.17) is 0 Å². The van der Waals surface area contributed by atoms with Crippen molar-refractivity contribution in [3.63, 3.8) is 0 Å². The van der Waals surface area contributed by atoms with Gasteiger partial charge in [-0.15, -0.1) is 0 Å². The molecule has 32 heavy (non-hydrogen) atoms. The number of imide groups is 1. The summed E-state index contributed by atoms with van der Waals surface area (Å²) in [6.45, 7) is 7.13. The Hall–Kier alpha value is -2.94. The number of hydroxylamine groups is 1. The third-order valence-corrected chi connectivity index (χ3v) is 7.04. The molecule has 9 heteroatoms. The maximum atomic E-state index is 13.4. The van der Waals surface area contributed by atoms with Crippen LogP contribution in [-0.4, -0.2) is 75.4 Å². The van der Waals surface area contributed by atoms with E-state index in [1.54, 1.807) is 19.3 Å². The summed E-state index contributed by atoms with van der Waals surface area (Å²) in [6.07, 6.45) is 1.87. The lowest BCUT2D eigenvalue weighted by atomic mass is 9.82. The molecule has 0 saturated carbocycles. The number of carbonyl (C=O) groups excluding carboxylic acids is 4. The second-order valence-electron chi connectivity index (χ2n) is 9.60. The summed E-state index contributed by atoms with van der Waals surface area (Å²) < 4.78 is 0. The van der Waals surface area contributed by atoms with Crippen LogP contribution in [0.1, 0.15) is 44.7 Å². The van der Waals surface area contributed by atoms with Crippen molar-refractivity contribution in [1.82, 2.24) is 20.2 Å². The van der Waals surface area contributed by atoms with Crippen molar-refractivity contribution in [1.29, 1.82) is 0 Å². The molecule has 0 radical (unpaired) electrons. The number of likely N-dealkylation sites (tertiary alicyclic amines) is 1. The van der Waals surface area contributed by atoms with E-state index < -0.39 is 34.8 Å². The molecule has 2 aliphatic heterocycles. The van der Waals surface area contributed by atoms with E-state index in [2.05, 4.69) is 0 Å². The predicted octanol–water partition coefficient (Wildman–Crippen LogP) is 1.71. The standard InChI is InChI=1S/C23H32N4O5/c1-15-6-8-16(9-7-15)10-11-23(4)12-13-26(20(23)30)17(18(28)24-32)14-27-19(29)22(2,3)25(5)21(27)31/h6-9,17,32H,10-14H2,1-5H3,(H,24,28). The summed E-state index contributed by atoms with van der Waals surface area (Å²) >= 11 is 0. The Labute approximate surface area is 188 Å². The van der Waals surface area contributed by atoms with Gasteiger partial charge in [0.05, 0.1) is 6.54 Å². The number of hydrogen-bond acceptors (Lipinski definition) is 5. The van der Waals surface area contributed by atoms with Crippen LogP contribution >= 0.6 is 0 Å². The van der Waals surface area contributed by atoms with E-state index in [9.17, 15) is 24.4 Å². The van der Waals surface area contributed by atoms with E-state index in [1.165, 1.54) is 22.4 Å². The first-order valence-corrected chi connectivity index (χ1v) is 10.8. The van der Waals surface area contributed by atoms with E-state index >= 15 is 0 Å². The van der Waals surface area contributed by atoms with Gasteiger partial charge in [-0.1, -0.05) is 36.8 Å². The SMILES string of the molecule is Cc1ccc(CCC2(C)CCN(C(CN3C(=O)N(C)C(C)(C)C3=O)C(=O)NO)C2=O)cc1. The van der Waals surface area contributed by atoms with Crippen LogP contribution in [0.2, 0.25) is 0 Å². The molecule has 2 fully saturated rings. The monoisotopic (exact) mass is 444 g/mol. The molecule has 174 valence electrons. The number of aryl methyl sites for hydroxylation is 2. The van der Waals surface area contributed by atoms with Crippen LogP contribution in [0.25, 0.3) is 0 Å². The zero-order valence-corrected chi connectivity index (χ0v) is 19.3. The lowest BCUT2D eigenvalue weighted by Crippen LogP contribution is -2.55. The highest BCUT2D eigenvalue weighted by molar-refractivity contribution is 6.07. The van der Waals surface area contributed by atoms with E-state index in [-0.39, 0.29) is 12.5 Å². The predicted molar refractivity (Wildman–Crippen MR) is 117 cm³/mol. The summed E-state index contributed by atoms with van der Waals surface area (Å²) in [4.78, 5) is 54.9. The molecule has 9 nitrogen and oxygen atoms in total. The minimum Gasteiger partial charge on any atom is -0.328 e. The van der Waals surface area contributed by atoms with E-state index in [0.717, 1.165) is 16.9 Å². The van der Waals surface area contributed by atoms with Gasteiger partial charge in [-0.2, -0.15) is 0 Å². The highest BCUT2D eigenvalue weighted by atomic mass is 16.5. The first kappa shape index (κ1) is 23.7. The number of benzene rings is 1. The van der Waals surface area contributed by atoms with Crippen LogP contribution in [0.5, 0.6) is 0 Å². The molecule has 3 rings (SSSR count). The highest BCUT2D eigenvalue weighted by Gasteiger charge is 2.52. The zero-order chi connectivity index (χ0) is 23.8. The molecule has 0 bridgehead atoms. The van der Waals surface area contributed by atoms with Gasteiger partial charge < -0.3 is 9.80 Å². The number of likely N-dealkylation sites (N-methyl/N-ethyl adjacent to an activating group) is 1. The Balaban J connectivity index is 1.76. The van der Waals surface area contributed by atoms with Crippen molar-refractivity contribution in [2.75, 3.05) is 20.1 Å². The van der Waals surface area contributed by atoms with Gasteiger partial charge in [0, 0.05) is 19.0 Å². The highest BCUT2D eigenvalue weighted by Crippen LogP contribution is 2.37. The minimum atomic E-state index is -1.16. The average Bonchev–Trinajstić information content (AvgIpc) is 3.13. The van der Waals surface area contributed by atoms with Crippen LogP contribution in [0.15, 0.2) is 24.3 Å². The average molecular weight is 445 g/mol. The molecule has 2 heterocycles. The van der Waals surface area contributed by atoms with Crippen LogP contribution in [0.4, 0.5) is 4.79 Å². The van der Waals surface area contributed by atoms with Crippen molar-refractivity contribution in [3.8, 4) is 0 Å². The van der Waals surface area contributed by atoms with E-state index in [1.807, 2.05) is 38.1 Å². The molecule has 0 aliphatic carbocycles. The van der Waals surface area contributed by atoms with Gasteiger partial charge in [-0.3, -0.25) is 24.5 Å². The zero-order valence-electron chi connectivity index (χ0n) is 19.3. The van der Waals surface area contributed by atoms with Gasteiger partial charge in [0.25, 0.3) is 11.8 Å². The summed E-state index contributed by atoms with van der Waals surface area (Å²) in [7, 11) is 1.52. The molecular weight excluding hydrogens is 412 g/mol. The smallest absolute Gasteiger partial charge is 0.327 e. The first-order chi connectivity index (χ1) is 14.9. The number of urea groups is 1. The fourth-order valence-corrected chi connectivity index (χ4v) is 4.34. The maximum absolute atomic E-state index is 13.4. The van der Waals surface area contributed by atoms with Gasteiger partial charge in [-0.05, 0) is 45.6 Å². The number of amides is 5. The number of rotatable bonds is 7. The summed E-state index contributed by atoms with van der Waals surface area (Å²) in [6, 6.07) is 6.45. The molecule has 1 aromatic rings. The molecule has 2 saturated heterocycles. The summed E-state index contributed by atoms with van der Waals surface area (Å²) in [5.41, 5.74) is 2.17. The van der Waals surface area contributed by atoms with Gasteiger partial charge in [-0.25, -0.2) is 10.3 Å². The molecular formula is C23H32N4O5. The Morgan fingerprint density at radius 2 is 1.75 bits per heavy atom. The van der Waals surface area contributed by atoms with Crippen LogP contribution < -0.4 is 5.48 Å². The number of nitrogens with one attached hydrogen (secondary N) is 1. The lowest BCUT2D eigenvalue weighted by Gasteiger charge is -2.31. The van der Waals surface area contributed by atoms with Crippen molar-refractivity contribution in [2.45, 2.75) is 58.5 Å². The second-order valence-corrected chi connectivity index (χ2v) is 9.60. The fraction of sp³-hybridized carbons (Fsp3) is 0.565. The van der Waals surface area contributed by atoms with Crippen LogP contribution in [0.3, 0.4) is 0 Å². The van der Waals surface area contributed by atoms with Crippen molar-refractivity contribution in [2.24, 2.45) is 5.41 Å². The Bertz CT molecular complexity index is 929. The van der Waals surface area contributed by atoms with Crippen molar-refractivity contribution >= 4 is 23.8 Å². The summed E-state index contributed by atoms with van der Waals surface area (Å²) in [5.74, 6) is -1.49. The summed E-state index contributed by atoms with van der Waals surface area (Å²) in [5, 5.41) is 9.28. The molecule has 0 spiro atoms. The number of nitrogens with zero attached hydrogens (tertiary/aromatic N) is 3. The third kappa shape index (κ3) is 4.09. The van der Waals surface area contributed by atoms with Gasteiger partial charge in [0.2, 0.25) is 5.91 Å². The van der Waals surface area contributed by atoms with Crippen LogP contribution in [-0.2, 0) is 20.8 Å². The lowest BCUT2D eigenvalue weighted by molar-refractivity contribution is -0.147. The van der Waals surface area contributed by atoms with Crippen LogP contribution in [0, 0.1) is 12.3 Å². The molecule has 2 atom stereocenters. The Morgan fingerprint density at radius 1 is 1.12 bits per heavy atom. The van der Waals surface area contributed by atoms with Gasteiger partial charge >= 0.3 is 6.03 Å². The maximum Gasteiger partial charge on any atom is 0.327 e. The topological polar surface area (TPSA) is 110 Å². The fourth-order valence-electron chi connectivity index (χ4n) is 4.34. The minimum absolute atomic E-state index is 0.218. The normalized spacial score (nSPS) is 23.8. The Morgan fingerprint density at radius 3 is 2.28 bits per heavy atom. The number of carbonyl (C=O) groups is 4. The molecule has 5 amide bonds. The first-order valence-electron chi connectivity index (χ1n) is 10.8. The molecule has 2 N–H and O–H groups in total. The van der Waals surface area contributed by atoms with E-state index in [0.29, 0.717) is 19.4 Å². The largest absolute Gasteiger partial charge is 0.328 e.